The molecular weight excluding hydrogens is 356 g/mol. The summed E-state index contributed by atoms with van der Waals surface area (Å²) in [5.74, 6) is 1.28. The molecule has 1 aromatic carbocycles. The molecule has 0 radical (unpaired) electrons. The lowest BCUT2D eigenvalue weighted by Crippen LogP contribution is -2.00. The van der Waals surface area contributed by atoms with Crippen LogP contribution in [0.2, 0.25) is 0 Å². The van der Waals surface area contributed by atoms with Gasteiger partial charge in [-0.2, -0.15) is 5.10 Å². The number of nitrogens with one attached hydrogen (secondary N) is 1. The van der Waals surface area contributed by atoms with Crippen LogP contribution in [-0.2, 0) is 7.05 Å². The molecular formula is C19H16N8O. The zero-order valence-electron chi connectivity index (χ0n) is 15.2. The smallest absolute Gasteiger partial charge is 0.233 e. The molecule has 0 fully saturated rings. The van der Waals surface area contributed by atoms with E-state index in [-0.39, 0.29) is 0 Å². The van der Waals surface area contributed by atoms with Gasteiger partial charge in [0.15, 0.2) is 0 Å². The number of rotatable bonds is 3. The molecule has 0 aliphatic rings. The van der Waals surface area contributed by atoms with Crippen molar-refractivity contribution in [1.29, 1.82) is 0 Å². The maximum Gasteiger partial charge on any atom is 0.233 e. The average molecular weight is 372 g/mol. The normalized spacial score (nSPS) is 11.4. The number of benzene rings is 1. The summed E-state index contributed by atoms with van der Waals surface area (Å²) < 4.78 is 8.13. The van der Waals surface area contributed by atoms with E-state index in [9.17, 15) is 0 Å². The number of ether oxygens (including phenoxy) is 1. The van der Waals surface area contributed by atoms with Gasteiger partial charge in [0.1, 0.15) is 29.0 Å². The Hall–Kier alpha value is -4.01. The molecule has 138 valence electrons. The van der Waals surface area contributed by atoms with E-state index >= 15 is 0 Å². The number of aryl methyl sites for hydroxylation is 2. The highest BCUT2D eigenvalue weighted by Gasteiger charge is 2.17. The molecule has 0 spiro atoms. The van der Waals surface area contributed by atoms with Gasteiger partial charge >= 0.3 is 0 Å². The average Bonchev–Trinajstić information content (AvgIpc) is 3.33. The number of imidazole rings is 1. The summed E-state index contributed by atoms with van der Waals surface area (Å²) in [6.45, 7) is 1.96. The second kappa shape index (κ2) is 6.02. The van der Waals surface area contributed by atoms with E-state index < -0.39 is 0 Å². The molecule has 0 saturated carbocycles. The molecule has 0 bridgehead atoms. The van der Waals surface area contributed by atoms with Crippen LogP contribution in [0, 0.1) is 6.92 Å². The fraction of sp³-hybridized carbons (Fsp3) is 0.105. The van der Waals surface area contributed by atoms with E-state index in [1.54, 1.807) is 12.5 Å². The Morgan fingerprint density at radius 3 is 2.86 bits per heavy atom. The Bertz CT molecular complexity index is 1340. The van der Waals surface area contributed by atoms with Gasteiger partial charge in [0.2, 0.25) is 5.88 Å². The van der Waals surface area contributed by atoms with E-state index in [1.807, 2.05) is 42.9 Å². The first-order valence-corrected chi connectivity index (χ1v) is 8.60. The fourth-order valence-electron chi connectivity index (χ4n) is 3.15. The summed E-state index contributed by atoms with van der Waals surface area (Å²) >= 11 is 0. The first-order chi connectivity index (χ1) is 13.6. The van der Waals surface area contributed by atoms with Crippen molar-refractivity contribution in [2.24, 2.45) is 7.05 Å². The van der Waals surface area contributed by atoms with Gasteiger partial charge in [-0.15, -0.1) is 0 Å². The standard InChI is InChI=1S/C19H16N8O/c1-10-3-4-12-11(6-24-26-12)17(10)28-19-16-14(21-8-22-18(16)20)5-13(25-19)15-7-27(2)9-23-15/h3-9H,1-2H3,(H,24,26)(H2,20,21,22). The monoisotopic (exact) mass is 372 g/mol. The molecule has 3 N–H and O–H groups in total. The zero-order valence-corrected chi connectivity index (χ0v) is 15.2. The highest BCUT2D eigenvalue weighted by molar-refractivity contribution is 5.95. The number of aromatic nitrogens is 7. The minimum atomic E-state index is 0.303. The molecule has 9 nitrogen and oxygen atoms in total. The number of nitrogens with zero attached hydrogens (tertiary/aromatic N) is 6. The van der Waals surface area contributed by atoms with Gasteiger partial charge in [-0.05, 0) is 24.6 Å². The molecule has 9 heteroatoms. The number of nitrogens with two attached hydrogens (primary N) is 1. The predicted octanol–water partition coefficient (Wildman–Crippen LogP) is 2.98. The molecule has 28 heavy (non-hydrogen) atoms. The number of hydrogen-bond acceptors (Lipinski definition) is 7. The maximum absolute atomic E-state index is 6.28. The van der Waals surface area contributed by atoms with Crippen LogP contribution in [0.4, 0.5) is 5.82 Å². The van der Waals surface area contributed by atoms with Gasteiger partial charge in [0.25, 0.3) is 0 Å². The van der Waals surface area contributed by atoms with Crippen LogP contribution in [0.5, 0.6) is 11.6 Å². The Morgan fingerprint density at radius 1 is 1.14 bits per heavy atom. The lowest BCUT2D eigenvalue weighted by atomic mass is 10.1. The molecule has 4 heterocycles. The van der Waals surface area contributed by atoms with Gasteiger partial charge in [-0.25, -0.2) is 19.9 Å². The SMILES string of the molecule is Cc1ccc2[nH]ncc2c1Oc1nc(-c2cn(C)cn2)cc2ncnc(N)c12. The van der Waals surface area contributed by atoms with E-state index in [4.69, 9.17) is 10.5 Å². The third-order valence-electron chi connectivity index (χ3n) is 4.55. The molecule has 0 unspecified atom stereocenters. The van der Waals surface area contributed by atoms with Gasteiger partial charge in [0.05, 0.1) is 34.6 Å². The van der Waals surface area contributed by atoms with Gasteiger partial charge < -0.3 is 15.0 Å². The minimum Gasteiger partial charge on any atom is -0.437 e. The van der Waals surface area contributed by atoms with Gasteiger partial charge in [-0.1, -0.05) is 6.07 Å². The largest absolute Gasteiger partial charge is 0.437 e. The van der Waals surface area contributed by atoms with Crippen molar-refractivity contribution < 1.29 is 4.74 Å². The third-order valence-corrected chi connectivity index (χ3v) is 4.55. The summed E-state index contributed by atoms with van der Waals surface area (Å²) in [5, 5.41) is 8.47. The second-order valence-corrected chi connectivity index (χ2v) is 6.53. The maximum atomic E-state index is 6.28. The number of aromatic amines is 1. The van der Waals surface area contributed by atoms with Gasteiger partial charge in [-0.3, -0.25) is 5.10 Å². The number of H-pyrrole nitrogens is 1. The Morgan fingerprint density at radius 2 is 2.04 bits per heavy atom. The van der Waals surface area contributed by atoms with Crippen LogP contribution in [0.1, 0.15) is 5.56 Å². The minimum absolute atomic E-state index is 0.303. The van der Waals surface area contributed by atoms with Crippen molar-refractivity contribution in [3.63, 3.8) is 0 Å². The first kappa shape index (κ1) is 16.2. The molecule has 0 aliphatic carbocycles. The summed E-state index contributed by atoms with van der Waals surface area (Å²) in [5.41, 5.74) is 9.93. The summed E-state index contributed by atoms with van der Waals surface area (Å²) in [4.78, 5) is 17.5. The van der Waals surface area contributed by atoms with E-state index in [2.05, 4.69) is 30.1 Å². The first-order valence-electron chi connectivity index (χ1n) is 8.60. The molecule has 5 rings (SSSR count). The lowest BCUT2D eigenvalue weighted by molar-refractivity contribution is 0.471. The third kappa shape index (κ3) is 2.52. The van der Waals surface area contributed by atoms with Crippen LogP contribution in [0.15, 0.2) is 43.2 Å². The van der Waals surface area contributed by atoms with Gasteiger partial charge in [0, 0.05) is 13.2 Å². The second-order valence-electron chi connectivity index (χ2n) is 6.53. The van der Waals surface area contributed by atoms with Crippen molar-refractivity contribution in [1.82, 2.24) is 34.7 Å². The molecule has 0 atom stereocenters. The number of anilines is 1. The topological polar surface area (TPSA) is 120 Å². The quantitative estimate of drug-likeness (QED) is 0.499. The molecule has 4 aromatic heterocycles. The summed E-state index contributed by atoms with van der Waals surface area (Å²) in [7, 11) is 1.90. The van der Waals surface area contributed by atoms with Crippen molar-refractivity contribution in [3.8, 4) is 23.0 Å². The Balaban J connectivity index is 1.75. The number of hydrogen-bond donors (Lipinski definition) is 2. The molecule has 0 saturated heterocycles. The van der Waals surface area contributed by atoms with Crippen LogP contribution in [0.3, 0.4) is 0 Å². The molecule has 0 amide bonds. The van der Waals surface area contributed by atoms with Crippen molar-refractivity contribution >= 4 is 27.6 Å². The van der Waals surface area contributed by atoms with Crippen LogP contribution in [-0.4, -0.2) is 34.7 Å². The summed E-state index contributed by atoms with van der Waals surface area (Å²) in [6, 6.07) is 5.74. The van der Waals surface area contributed by atoms with E-state index in [1.165, 1.54) is 6.33 Å². The highest BCUT2D eigenvalue weighted by Crippen LogP contribution is 2.37. The number of fused-ring (bicyclic) bond motifs is 2. The molecule has 5 aromatic rings. The fourth-order valence-corrected chi connectivity index (χ4v) is 3.15. The number of nitrogen functional groups attached to an aromatic ring is 1. The Kier molecular flexibility index (Phi) is 3.48. The zero-order chi connectivity index (χ0) is 19.3. The Labute approximate surface area is 159 Å². The van der Waals surface area contributed by atoms with Crippen LogP contribution in [0.25, 0.3) is 33.2 Å². The highest BCUT2D eigenvalue weighted by atomic mass is 16.5. The lowest BCUT2D eigenvalue weighted by Gasteiger charge is -2.13. The van der Waals surface area contributed by atoms with E-state index in [0.29, 0.717) is 39.7 Å². The predicted molar refractivity (Wildman–Crippen MR) is 105 cm³/mol. The van der Waals surface area contributed by atoms with Crippen molar-refractivity contribution in [3.05, 3.63) is 48.8 Å². The van der Waals surface area contributed by atoms with Crippen LogP contribution < -0.4 is 10.5 Å². The summed E-state index contributed by atoms with van der Waals surface area (Å²) in [6.07, 6.45) is 6.74. The van der Waals surface area contributed by atoms with Crippen molar-refractivity contribution in [2.45, 2.75) is 6.92 Å². The number of pyridine rings is 1. The molecule has 0 aliphatic heterocycles. The van der Waals surface area contributed by atoms with Crippen LogP contribution >= 0.6 is 0 Å². The van der Waals surface area contributed by atoms with Crippen molar-refractivity contribution in [2.75, 3.05) is 5.73 Å². The van der Waals surface area contributed by atoms with E-state index in [0.717, 1.165) is 16.5 Å².